The van der Waals surface area contributed by atoms with Crippen molar-refractivity contribution >= 4 is 16.6 Å². The Morgan fingerprint density at radius 2 is 2.39 bits per heavy atom. The van der Waals surface area contributed by atoms with Gasteiger partial charge in [-0.3, -0.25) is 4.98 Å². The minimum Gasteiger partial charge on any atom is -0.371 e. The highest BCUT2D eigenvalue weighted by Crippen LogP contribution is 2.28. The molecule has 0 radical (unpaired) electrons. The van der Waals surface area contributed by atoms with E-state index in [-0.39, 0.29) is 18.8 Å². The van der Waals surface area contributed by atoms with Crippen molar-refractivity contribution in [3.63, 3.8) is 0 Å². The van der Waals surface area contributed by atoms with Gasteiger partial charge in [-0.1, -0.05) is 5.11 Å². The number of ether oxygens (including phenoxy) is 1. The van der Waals surface area contributed by atoms with Crippen molar-refractivity contribution in [1.82, 2.24) is 9.97 Å². The summed E-state index contributed by atoms with van der Waals surface area (Å²) in [5, 5.41) is 13.7. The summed E-state index contributed by atoms with van der Waals surface area (Å²) in [6.45, 7) is 3.56. The molecule has 23 heavy (non-hydrogen) atoms. The minimum atomic E-state index is -0.169. The quantitative estimate of drug-likeness (QED) is 0.491. The lowest BCUT2D eigenvalue weighted by atomic mass is 10.1. The van der Waals surface area contributed by atoms with Crippen molar-refractivity contribution in [2.45, 2.75) is 19.1 Å². The zero-order valence-corrected chi connectivity index (χ0v) is 12.6. The zero-order valence-electron chi connectivity index (χ0n) is 12.6. The highest BCUT2D eigenvalue weighted by atomic mass is 16.5. The van der Waals surface area contributed by atoms with Crippen LogP contribution in [0, 0.1) is 11.3 Å². The van der Waals surface area contributed by atoms with Crippen LogP contribution < -0.4 is 4.90 Å². The predicted octanol–water partition coefficient (Wildman–Crippen LogP) is 2.41. The Hall–Kier alpha value is -2.88. The molecule has 8 heteroatoms. The zero-order chi connectivity index (χ0) is 16.2. The second kappa shape index (κ2) is 6.48. The standard InChI is InChI=1S/C15H15N7O/c1-10-8-22(9-11(23-10)6-20-21-17)14-7-19-13(5-16)15-12(14)3-2-4-18-15/h2-4,7,10-11H,6,8-9H2,1H3/t10-,11+/m1/s1. The predicted molar refractivity (Wildman–Crippen MR) is 84.8 cm³/mol. The van der Waals surface area contributed by atoms with Crippen molar-refractivity contribution in [2.75, 3.05) is 24.5 Å². The molecule has 1 saturated heterocycles. The first-order valence-electron chi connectivity index (χ1n) is 7.28. The maximum Gasteiger partial charge on any atom is 0.166 e. The van der Waals surface area contributed by atoms with Gasteiger partial charge in [0.2, 0.25) is 0 Å². The SMILES string of the molecule is C[C@@H]1CN(c2cnc(C#N)c3ncccc23)C[C@H](CN=[N+]=[N-])O1. The maximum absolute atomic E-state index is 9.19. The summed E-state index contributed by atoms with van der Waals surface area (Å²) in [6, 6.07) is 5.85. The minimum absolute atomic E-state index is 0.00464. The van der Waals surface area contributed by atoms with Crippen molar-refractivity contribution in [3.8, 4) is 6.07 Å². The average molecular weight is 309 g/mol. The van der Waals surface area contributed by atoms with E-state index in [1.165, 1.54) is 0 Å². The first-order valence-corrected chi connectivity index (χ1v) is 7.28. The van der Waals surface area contributed by atoms with Crippen molar-refractivity contribution in [2.24, 2.45) is 5.11 Å². The van der Waals surface area contributed by atoms with E-state index in [9.17, 15) is 5.26 Å². The number of hydrogen-bond donors (Lipinski definition) is 0. The van der Waals surface area contributed by atoms with E-state index in [0.717, 1.165) is 11.1 Å². The third-order valence-corrected chi connectivity index (χ3v) is 3.75. The van der Waals surface area contributed by atoms with E-state index in [1.54, 1.807) is 12.4 Å². The Balaban J connectivity index is 1.99. The Bertz CT molecular complexity index is 809. The number of azide groups is 1. The van der Waals surface area contributed by atoms with Crippen LogP contribution in [0.3, 0.4) is 0 Å². The lowest BCUT2D eigenvalue weighted by Gasteiger charge is -2.38. The van der Waals surface area contributed by atoms with Crippen LogP contribution in [0.25, 0.3) is 21.3 Å². The van der Waals surface area contributed by atoms with Gasteiger partial charge in [0.1, 0.15) is 11.6 Å². The van der Waals surface area contributed by atoms with Crippen LogP contribution in [-0.4, -0.2) is 41.8 Å². The molecule has 2 atom stereocenters. The van der Waals surface area contributed by atoms with Crippen LogP contribution >= 0.6 is 0 Å². The molecule has 0 amide bonds. The number of pyridine rings is 2. The van der Waals surface area contributed by atoms with E-state index in [0.29, 0.717) is 24.3 Å². The van der Waals surface area contributed by atoms with Gasteiger partial charge in [-0.25, -0.2) is 4.98 Å². The third kappa shape index (κ3) is 3.01. The van der Waals surface area contributed by atoms with E-state index >= 15 is 0 Å². The smallest absolute Gasteiger partial charge is 0.166 e. The number of rotatable bonds is 3. The van der Waals surface area contributed by atoms with Crippen LogP contribution in [0.5, 0.6) is 0 Å². The van der Waals surface area contributed by atoms with E-state index in [2.05, 4.69) is 31.0 Å². The van der Waals surface area contributed by atoms with E-state index < -0.39 is 0 Å². The van der Waals surface area contributed by atoms with Crippen LogP contribution in [0.4, 0.5) is 5.69 Å². The third-order valence-electron chi connectivity index (χ3n) is 3.75. The van der Waals surface area contributed by atoms with Gasteiger partial charge in [0.25, 0.3) is 0 Å². The Morgan fingerprint density at radius 1 is 1.52 bits per heavy atom. The first kappa shape index (κ1) is 15.0. The Labute approximate surface area is 133 Å². The van der Waals surface area contributed by atoms with Gasteiger partial charge in [-0.15, -0.1) is 0 Å². The second-order valence-corrected chi connectivity index (χ2v) is 5.39. The molecule has 2 aromatic heterocycles. The maximum atomic E-state index is 9.19. The van der Waals surface area contributed by atoms with Crippen LogP contribution in [0.1, 0.15) is 12.6 Å². The summed E-state index contributed by atoms with van der Waals surface area (Å²) < 4.78 is 5.80. The molecule has 1 aliphatic rings. The highest BCUT2D eigenvalue weighted by Gasteiger charge is 2.26. The average Bonchev–Trinajstić information content (AvgIpc) is 2.58. The molecule has 0 aliphatic carbocycles. The van der Waals surface area contributed by atoms with Crippen molar-refractivity contribution in [1.29, 1.82) is 5.26 Å². The van der Waals surface area contributed by atoms with E-state index in [4.69, 9.17) is 10.3 Å². The van der Waals surface area contributed by atoms with Crippen molar-refractivity contribution in [3.05, 3.63) is 40.7 Å². The normalized spacial score (nSPS) is 20.8. The molecule has 116 valence electrons. The molecule has 2 aromatic rings. The van der Waals surface area contributed by atoms with Crippen LogP contribution in [0.15, 0.2) is 29.6 Å². The summed E-state index contributed by atoms with van der Waals surface area (Å²) >= 11 is 0. The summed E-state index contributed by atoms with van der Waals surface area (Å²) in [5.41, 5.74) is 10.3. The van der Waals surface area contributed by atoms with Gasteiger partial charge in [0, 0.05) is 29.6 Å². The highest BCUT2D eigenvalue weighted by molar-refractivity contribution is 5.93. The van der Waals surface area contributed by atoms with Gasteiger partial charge in [0.05, 0.1) is 30.6 Å². The number of aromatic nitrogens is 2. The molecule has 3 rings (SSSR count). The number of hydrogen-bond acceptors (Lipinski definition) is 6. The van der Waals surface area contributed by atoms with Crippen LogP contribution in [-0.2, 0) is 4.74 Å². The largest absolute Gasteiger partial charge is 0.371 e. The molecule has 0 N–H and O–H groups in total. The summed E-state index contributed by atoms with van der Waals surface area (Å²) in [5.74, 6) is 0. The molecule has 0 spiro atoms. The topological polar surface area (TPSA) is 111 Å². The van der Waals surface area contributed by atoms with E-state index in [1.807, 2.05) is 19.1 Å². The fourth-order valence-electron chi connectivity index (χ4n) is 2.86. The van der Waals surface area contributed by atoms with Gasteiger partial charge in [-0.2, -0.15) is 5.26 Å². The molecule has 1 fully saturated rings. The summed E-state index contributed by atoms with van der Waals surface area (Å²) in [4.78, 5) is 13.4. The lowest BCUT2D eigenvalue weighted by molar-refractivity contribution is -0.0103. The molecule has 1 aliphatic heterocycles. The molecule has 0 bridgehead atoms. The molecule has 0 unspecified atom stereocenters. The van der Waals surface area contributed by atoms with Gasteiger partial charge < -0.3 is 9.64 Å². The molecule has 0 aromatic carbocycles. The fraction of sp³-hybridized carbons (Fsp3) is 0.400. The summed E-state index contributed by atoms with van der Waals surface area (Å²) in [6.07, 6.45) is 3.19. The fourth-order valence-corrected chi connectivity index (χ4v) is 2.86. The monoisotopic (exact) mass is 309 g/mol. The van der Waals surface area contributed by atoms with Gasteiger partial charge >= 0.3 is 0 Å². The number of nitrogens with zero attached hydrogens (tertiary/aromatic N) is 7. The molecule has 3 heterocycles. The van der Waals surface area contributed by atoms with Gasteiger partial charge in [-0.05, 0) is 24.6 Å². The summed E-state index contributed by atoms with van der Waals surface area (Å²) in [7, 11) is 0. The Morgan fingerprint density at radius 3 is 3.17 bits per heavy atom. The molecule has 8 nitrogen and oxygen atoms in total. The number of anilines is 1. The number of morpholine rings is 1. The Kier molecular flexibility index (Phi) is 4.24. The molecule has 0 saturated carbocycles. The number of fused-ring (bicyclic) bond motifs is 1. The van der Waals surface area contributed by atoms with Gasteiger partial charge in [0.15, 0.2) is 5.69 Å². The number of nitriles is 1. The molecular formula is C15H15N7O. The first-order chi connectivity index (χ1) is 11.2. The molecular weight excluding hydrogens is 294 g/mol. The second-order valence-electron chi connectivity index (χ2n) is 5.39. The lowest BCUT2D eigenvalue weighted by Crippen LogP contribution is -2.48. The van der Waals surface area contributed by atoms with Crippen LogP contribution in [0.2, 0.25) is 0 Å². The van der Waals surface area contributed by atoms with Crippen molar-refractivity contribution < 1.29 is 4.74 Å².